The van der Waals surface area contributed by atoms with Gasteiger partial charge in [-0.25, -0.2) is 8.78 Å². The highest BCUT2D eigenvalue weighted by Crippen LogP contribution is 2.21. The second kappa shape index (κ2) is 5.69. The minimum absolute atomic E-state index is 0.367. The van der Waals surface area contributed by atoms with E-state index >= 15 is 0 Å². The van der Waals surface area contributed by atoms with E-state index in [0.717, 1.165) is 17.8 Å². The summed E-state index contributed by atoms with van der Waals surface area (Å²) in [6.45, 7) is 1.76. The Morgan fingerprint density at radius 1 is 1.10 bits per heavy atom. The van der Waals surface area contributed by atoms with Gasteiger partial charge in [0.25, 0.3) is 5.91 Å². The van der Waals surface area contributed by atoms with Crippen LogP contribution in [0.4, 0.5) is 20.2 Å². The lowest BCUT2D eigenvalue weighted by Crippen LogP contribution is -2.15. The smallest absolute Gasteiger partial charge is 0.256 e. The Labute approximate surface area is 115 Å². The Balaban J connectivity index is 2.29. The van der Waals surface area contributed by atoms with Crippen LogP contribution in [-0.4, -0.2) is 13.0 Å². The molecule has 3 nitrogen and oxygen atoms in total. The van der Waals surface area contributed by atoms with Crippen LogP contribution in [0.5, 0.6) is 0 Å². The monoisotopic (exact) mass is 276 g/mol. The Morgan fingerprint density at radius 3 is 2.30 bits per heavy atom. The molecule has 1 amide bonds. The molecule has 0 aliphatic carbocycles. The van der Waals surface area contributed by atoms with Gasteiger partial charge in [0.2, 0.25) is 0 Å². The molecular weight excluding hydrogens is 262 g/mol. The second-order valence-corrected chi connectivity index (χ2v) is 4.33. The molecule has 5 heteroatoms. The van der Waals surface area contributed by atoms with Gasteiger partial charge in [-0.3, -0.25) is 4.79 Å². The molecule has 0 spiro atoms. The number of hydrogen-bond donors (Lipinski definition) is 2. The number of aryl methyl sites for hydroxylation is 1. The lowest BCUT2D eigenvalue weighted by molar-refractivity contribution is 0.102. The molecule has 0 aliphatic heterocycles. The van der Waals surface area contributed by atoms with Gasteiger partial charge in [-0.05, 0) is 42.8 Å². The second-order valence-electron chi connectivity index (χ2n) is 4.33. The van der Waals surface area contributed by atoms with Crippen molar-refractivity contribution < 1.29 is 13.6 Å². The van der Waals surface area contributed by atoms with Crippen LogP contribution in [0.1, 0.15) is 15.9 Å². The van der Waals surface area contributed by atoms with Crippen molar-refractivity contribution in [2.45, 2.75) is 6.92 Å². The molecule has 104 valence electrons. The van der Waals surface area contributed by atoms with E-state index in [1.807, 2.05) is 0 Å². The highest BCUT2D eigenvalue weighted by Gasteiger charge is 2.14. The van der Waals surface area contributed by atoms with Crippen LogP contribution in [0.15, 0.2) is 36.4 Å². The summed E-state index contributed by atoms with van der Waals surface area (Å²) in [5.74, 6) is -2.15. The zero-order valence-electron chi connectivity index (χ0n) is 11.1. The number of nitrogens with one attached hydrogen (secondary N) is 2. The summed E-state index contributed by atoms with van der Waals surface area (Å²) in [6.07, 6.45) is 0. The highest BCUT2D eigenvalue weighted by atomic mass is 19.1. The molecule has 0 fully saturated rings. The number of para-hydroxylation sites is 1. The van der Waals surface area contributed by atoms with Gasteiger partial charge in [-0.2, -0.15) is 0 Å². The highest BCUT2D eigenvalue weighted by molar-refractivity contribution is 6.05. The largest absolute Gasteiger partial charge is 0.388 e. The Bertz CT molecular complexity index is 636. The van der Waals surface area contributed by atoms with Crippen molar-refractivity contribution in [2.75, 3.05) is 17.7 Å². The molecule has 2 aromatic rings. The zero-order chi connectivity index (χ0) is 14.7. The van der Waals surface area contributed by atoms with Crippen molar-refractivity contribution >= 4 is 17.3 Å². The van der Waals surface area contributed by atoms with Gasteiger partial charge in [0.15, 0.2) is 0 Å². The lowest BCUT2D eigenvalue weighted by atomic mass is 10.1. The van der Waals surface area contributed by atoms with Gasteiger partial charge in [-0.1, -0.05) is 6.07 Å². The van der Waals surface area contributed by atoms with Crippen LogP contribution in [0, 0.1) is 18.6 Å². The molecule has 0 aliphatic rings. The van der Waals surface area contributed by atoms with Crippen LogP contribution >= 0.6 is 0 Å². The van der Waals surface area contributed by atoms with Crippen molar-refractivity contribution in [1.82, 2.24) is 0 Å². The van der Waals surface area contributed by atoms with E-state index in [0.29, 0.717) is 11.1 Å². The predicted molar refractivity (Wildman–Crippen MR) is 75.0 cm³/mol. The molecular formula is C15H14F2N2O. The van der Waals surface area contributed by atoms with Crippen LogP contribution in [0.2, 0.25) is 0 Å². The standard InChI is InChI=1S/C15H14F2N2O/c1-9-8-10(18-2)6-7-11(9)15(20)19-14-12(16)4-3-5-13(14)17/h3-8,18H,1-2H3,(H,19,20). The minimum atomic E-state index is -0.803. The van der Waals surface area contributed by atoms with Crippen LogP contribution < -0.4 is 10.6 Å². The van der Waals surface area contributed by atoms with Gasteiger partial charge in [0, 0.05) is 18.3 Å². The van der Waals surface area contributed by atoms with Crippen LogP contribution in [0.25, 0.3) is 0 Å². The molecule has 0 heterocycles. The summed E-state index contributed by atoms with van der Waals surface area (Å²) in [6, 6.07) is 8.54. The van der Waals surface area contributed by atoms with Gasteiger partial charge in [-0.15, -0.1) is 0 Å². The van der Waals surface area contributed by atoms with Crippen LogP contribution in [0.3, 0.4) is 0 Å². The number of anilines is 2. The number of benzene rings is 2. The average Bonchev–Trinajstić information content (AvgIpc) is 2.42. The fourth-order valence-corrected chi connectivity index (χ4v) is 1.87. The quantitative estimate of drug-likeness (QED) is 0.899. The first-order valence-corrected chi connectivity index (χ1v) is 6.06. The van der Waals surface area contributed by atoms with Gasteiger partial charge in [0.05, 0.1) is 0 Å². The van der Waals surface area contributed by atoms with Gasteiger partial charge < -0.3 is 10.6 Å². The van der Waals surface area contributed by atoms with Crippen molar-refractivity contribution in [3.05, 3.63) is 59.2 Å². The first kappa shape index (κ1) is 14.0. The zero-order valence-corrected chi connectivity index (χ0v) is 11.1. The molecule has 2 N–H and O–H groups in total. The Kier molecular flexibility index (Phi) is 3.98. The third kappa shape index (κ3) is 2.77. The normalized spacial score (nSPS) is 10.2. The Morgan fingerprint density at radius 2 is 1.75 bits per heavy atom. The molecule has 0 bridgehead atoms. The van der Waals surface area contributed by atoms with Crippen LogP contribution in [-0.2, 0) is 0 Å². The van der Waals surface area contributed by atoms with Crippen molar-refractivity contribution in [3.8, 4) is 0 Å². The number of carbonyl (C=O) groups excluding carboxylic acids is 1. The maximum Gasteiger partial charge on any atom is 0.256 e. The predicted octanol–water partition coefficient (Wildman–Crippen LogP) is 3.57. The number of halogens is 2. The molecule has 20 heavy (non-hydrogen) atoms. The molecule has 2 aromatic carbocycles. The molecule has 2 rings (SSSR count). The fraction of sp³-hybridized carbons (Fsp3) is 0.133. The van der Waals surface area contributed by atoms with Crippen molar-refractivity contribution in [3.63, 3.8) is 0 Å². The van der Waals surface area contributed by atoms with E-state index in [4.69, 9.17) is 0 Å². The summed E-state index contributed by atoms with van der Waals surface area (Å²) in [5, 5.41) is 5.21. The molecule has 0 saturated carbocycles. The molecule has 0 radical (unpaired) electrons. The minimum Gasteiger partial charge on any atom is -0.388 e. The summed E-state index contributed by atoms with van der Waals surface area (Å²) in [7, 11) is 1.77. The first-order valence-electron chi connectivity index (χ1n) is 6.06. The summed E-state index contributed by atoms with van der Waals surface area (Å²) >= 11 is 0. The third-order valence-electron chi connectivity index (χ3n) is 2.96. The SMILES string of the molecule is CNc1ccc(C(=O)Nc2c(F)cccc2F)c(C)c1. The van der Waals surface area contributed by atoms with E-state index in [-0.39, 0.29) is 0 Å². The lowest BCUT2D eigenvalue weighted by Gasteiger charge is -2.10. The average molecular weight is 276 g/mol. The molecule has 0 unspecified atom stereocenters. The Hall–Kier alpha value is -2.43. The summed E-state index contributed by atoms with van der Waals surface area (Å²) in [4.78, 5) is 12.1. The first-order chi connectivity index (χ1) is 9.52. The van der Waals surface area contributed by atoms with Gasteiger partial charge >= 0.3 is 0 Å². The van der Waals surface area contributed by atoms with E-state index in [1.54, 1.807) is 32.2 Å². The van der Waals surface area contributed by atoms with Crippen molar-refractivity contribution in [2.24, 2.45) is 0 Å². The van der Waals surface area contributed by atoms with Gasteiger partial charge in [0.1, 0.15) is 17.3 Å². The third-order valence-corrected chi connectivity index (χ3v) is 2.96. The topological polar surface area (TPSA) is 41.1 Å². The molecule has 0 atom stereocenters. The molecule has 0 aromatic heterocycles. The maximum absolute atomic E-state index is 13.5. The number of hydrogen-bond acceptors (Lipinski definition) is 2. The van der Waals surface area contributed by atoms with E-state index in [9.17, 15) is 13.6 Å². The summed E-state index contributed by atoms with van der Waals surface area (Å²) in [5.41, 5.74) is 1.50. The maximum atomic E-state index is 13.5. The fourth-order valence-electron chi connectivity index (χ4n) is 1.87. The van der Waals surface area contributed by atoms with E-state index < -0.39 is 23.2 Å². The van der Waals surface area contributed by atoms with E-state index in [2.05, 4.69) is 10.6 Å². The summed E-state index contributed by atoms with van der Waals surface area (Å²) < 4.78 is 27.0. The number of carbonyl (C=O) groups is 1. The number of rotatable bonds is 3. The number of amides is 1. The van der Waals surface area contributed by atoms with E-state index in [1.165, 1.54) is 6.07 Å². The molecule has 0 saturated heterocycles. The van der Waals surface area contributed by atoms with Crippen molar-refractivity contribution in [1.29, 1.82) is 0 Å².